The van der Waals surface area contributed by atoms with Crippen LogP contribution in [0.1, 0.15) is 33.2 Å². The highest BCUT2D eigenvalue weighted by atomic mass is 35.5. The molecule has 0 saturated carbocycles. The third-order valence-corrected chi connectivity index (χ3v) is 4.18. The maximum Gasteiger partial charge on any atom is 0.339 e. The Morgan fingerprint density at radius 3 is 2.59 bits per heavy atom. The van der Waals surface area contributed by atoms with Crippen molar-refractivity contribution < 1.29 is 14.3 Å². The molecule has 0 aliphatic carbocycles. The number of rotatable bonds is 6. The van der Waals surface area contributed by atoms with E-state index in [9.17, 15) is 9.59 Å². The molecule has 0 aliphatic rings. The third-order valence-electron chi connectivity index (χ3n) is 3.86. The van der Waals surface area contributed by atoms with E-state index in [1.165, 1.54) is 12.1 Å². The van der Waals surface area contributed by atoms with Gasteiger partial charge in [0.25, 0.3) is 5.91 Å². The van der Waals surface area contributed by atoms with Crippen LogP contribution in [0.25, 0.3) is 0 Å². The summed E-state index contributed by atoms with van der Waals surface area (Å²) in [5.74, 6) is -0.752. The van der Waals surface area contributed by atoms with E-state index >= 15 is 0 Å². The van der Waals surface area contributed by atoms with Gasteiger partial charge in [0.1, 0.15) is 0 Å². The van der Waals surface area contributed by atoms with Crippen LogP contribution in [0.4, 0.5) is 5.69 Å². The molecule has 138 valence electrons. The van der Waals surface area contributed by atoms with Crippen molar-refractivity contribution >= 4 is 29.2 Å². The molecule has 0 radical (unpaired) electrons. The maximum atomic E-state index is 12.4. The molecule has 0 aliphatic heterocycles. The third kappa shape index (κ3) is 4.74. The average molecular weight is 384 g/mol. The number of anilines is 1. The fourth-order valence-corrected chi connectivity index (χ4v) is 2.78. The number of carbonyl (C=O) groups is 2. The number of nitrogens with one attached hydrogen (secondary N) is 1. The lowest BCUT2D eigenvalue weighted by Crippen LogP contribution is -2.12. The Labute approximate surface area is 161 Å². The number of imidazole rings is 1. The number of halogens is 1. The summed E-state index contributed by atoms with van der Waals surface area (Å²) in [6.45, 7) is 2.68. The Morgan fingerprint density at radius 2 is 1.96 bits per heavy atom. The topological polar surface area (TPSA) is 73.2 Å². The van der Waals surface area contributed by atoms with Gasteiger partial charge in [0.2, 0.25) is 0 Å². The number of nitrogens with zero attached hydrogens (tertiary/aromatic N) is 2. The minimum atomic E-state index is -0.492. The molecule has 0 spiro atoms. The predicted octanol–water partition coefficient (Wildman–Crippen LogP) is 4.01. The lowest BCUT2D eigenvalue weighted by atomic mass is 10.1. The van der Waals surface area contributed by atoms with E-state index in [0.717, 1.165) is 5.56 Å². The van der Waals surface area contributed by atoms with E-state index < -0.39 is 5.97 Å². The van der Waals surface area contributed by atoms with Gasteiger partial charge < -0.3 is 14.6 Å². The molecule has 7 heteroatoms. The SMILES string of the molecule is CCOC(=O)c1ccc(NC(=O)c2ccc(Cn3ccnc3)cc2)cc1Cl. The van der Waals surface area contributed by atoms with Crippen LogP contribution < -0.4 is 5.32 Å². The van der Waals surface area contributed by atoms with E-state index in [-0.39, 0.29) is 23.1 Å². The van der Waals surface area contributed by atoms with Crippen LogP contribution in [-0.4, -0.2) is 28.0 Å². The van der Waals surface area contributed by atoms with Crippen LogP contribution in [-0.2, 0) is 11.3 Å². The summed E-state index contributed by atoms with van der Waals surface area (Å²) < 4.78 is 6.88. The molecule has 2 aromatic carbocycles. The van der Waals surface area contributed by atoms with E-state index in [1.807, 2.05) is 22.9 Å². The Balaban J connectivity index is 1.66. The second kappa shape index (κ2) is 8.51. The molecule has 1 amide bonds. The number of amides is 1. The predicted molar refractivity (Wildman–Crippen MR) is 103 cm³/mol. The van der Waals surface area contributed by atoms with Gasteiger partial charge in [-0.05, 0) is 42.8 Å². The normalized spacial score (nSPS) is 10.4. The summed E-state index contributed by atoms with van der Waals surface area (Å²) in [5.41, 5.74) is 2.35. The first-order valence-electron chi connectivity index (χ1n) is 8.39. The maximum absolute atomic E-state index is 12.4. The van der Waals surface area contributed by atoms with Gasteiger partial charge in [0.05, 0.1) is 23.5 Å². The van der Waals surface area contributed by atoms with Gasteiger partial charge in [-0.25, -0.2) is 9.78 Å². The van der Waals surface area contributed by atoms with E-state index in [4.69, 9.17) is 16.3 Å². The fourth-order valence-electron chi connectivity index (χ4n) is 2.52. The van der Waals surface area contributed by atoms with Crippen molar-refractivity contribution in [1.82, 2.24) is 9.55 Å². The van der Waals surface area contributed by atoms with Gasteiger partial charge in [0.15, 0.2) is 0 Å². The second-order valence-corrected chi connectivity index (χ2v) is 6.21. The zero-order valence-corrected chi connectivity index (χ0v) is 15.4. The van der Waals surface area contributed by atoms with Crippen molar-refractivity contribution in [3.8, 4) is 0 Å². The van der Waals surface area contributed by atoms with Crippen LogP contribution >= 0.6 is 11.6 Å². The minimum Gasteiger partial charge on any atom is -0.462 e. The van der Waals surface area contributed by atoms with Crippen LogP contribution in [0.5, 0.6) is 0 Å². The molecular formula is C20H18ClN3O3. The summed E-state index contributed by atoms with van der Waals surface area (Å²) in [6, 6.07) is 12.0. The van der Waals surface area contributed by atoms with Gasteiger partial charge in [-0.1, -0.05) is 23.7 Å². The highest BCUT2D eigenvalue weighted by Gasteiger charge is 2.13. The van der Waals surface area contributed by atoms with Gasteiger partial charge in [-0.2, -0.15) is 0 Å². The summed E-state index contributed by atoms with van der Waals surface area (Å²) in [4.78, 5) is 28.2. The number of ether oxygens (including phenoxy) is 1. The lowest BCUT2D eigenvalue weighted by Gasteiger charge is -2.09. The van der Waals surface area contributed by atoms with E-state index in [2.05, 4.69) is 10.3 Å². The Hall–Kier alpha value is -3.12. The molecule has 27 heavy (non-hydrogen) atoms. The molecular weight excluding hydrogens is 366 g/mol. The molecule has 1 heterocycles. The summed E-state index contributed by atoms with van der Waals surface area (Å²) in [5, 5.41) is 3.00. The zero-order chi connectivity index (χ0) is 19.2. The number of esters is 1. The number of hydrogen-bond acceptors (Lipinski definition) is 4. The summed E-state index contributed by atoms with van der Waals surface area (Å²) in [7, 11) is 0. The van der Waals surface area contributed by atoms with Crippen molar-refractivity contribution in [2.45, 2.75) is 13.5 Å². The Bertz CT molecular complexity index is 938. The first-order chi connectivity index (χ1) is 13.1. The highest BCUT2D eigenvalue weighted by Crippen LogP contribution is 2.22. The standard InChI is InChI=1S/C20H18ClN3O3/c1-2-27-20(26)17-8-7-16(11-18(17)21)23-19(25)15-5-3-14(4-6-15)12-24-10-9-22-13-24/h3-11,13H,2,12H2,1H3,(H,23,25). The minimum absolute atomic E-state index is 0.224. The second-order valence-electron chi connectivity index (χ2n) is 5.80. The van der Waals surface area contributed by atoms with Crippen LogP contribution in [0, 0.1) is 0 Å². The van der Waals surface area contributed by atoms with E-state index in [1.54, 1.807) is 37.6 Å². The molecule has 0 atom stereocenters. The Kier molecular flexibility index (Phi) is 5.88. The van der Waals surface area contributed by atoms with Crippen LogP contribution in [0.15, 0.2) is 61.2 Å². The number of carbonyl (C=O) groups excluding carboxylic acids is 2. The zero-order valence-electron chi connectivity index (χ0n) is 14.7. The number of aromatic nitrogens is 2. The molecule has 1 N–H and O–H groups in total. The first-order valence-corrected chi connectivity index (χ1v) is 8.77. The molecule has 3 aromatic rings. The molecule has 0 unspecified atom stereocenters. The first kappa shape index (κ1) is 18.7. The molecule has 1 aromatic heterocycles. The molecule has 6 nitrogen and oxygen atoms in total. The molecule has 0 fully saturated rings. The molecule has 0 saturated heterocycles. The lowest BCUT2D eigenvalue weighted by molar-refractivity contribution is 0.0526. The quantitative estimate of drug-likeness (QED) is 0.652. The van der Waals surface area contributed by atoms with Crippen molar-refractivity contribution in [2.24, 2.45) is 0 Å². The van der Waals surface area contributed by atoms with Crippen molar-refractivity contribution in [3.63, 3.8) is 0 Å². The summed E-state index contributed by atoms with van der Waals surface area (Å²) >= 11 is 6.12. The largest absolute Gasteiger partial charge is 0.462 e. The fraction of sp³-hybridized carbons (Fsp3) is 0.150. The van der Waals surface area contributed by atoms with Crippen LogP contribution in [0.3, 0.4) is 0 Å². The average Bonchev–Trinajstić information content (AvgIpc) is 3.15. The van der Waals surface area contributed by atoms with Gasteiger partial charge in [0, 0.05) is 30.2 Å². The van der Waals surface area contributed by atoms with Crippen LogP contribution in [0.2, 0.25) is 5.02 Å². The van der Waals surface area contributed by atoms with Gasteiger partial charge >= 0.3 is 5.97 Å². The smallest absolute Gasteiger partial charge is 0.339 e. The molecule has 0 bridgehead atoms. The van der Waals surface area contributed by atoms with Gasteiger partial charge in [-0.15, -0.1) is 0 Å². The number of hydrogen-bond donors (Lipinski definition) is 1. The van der Waals surface area contributed by atoms with Crippen molar-refractivity contribution in [2.75, 3.05) is 11.9 Å². The number of benzene rings is 2. The van der Waals surface area contributed by atoms with Crippen molar-refractivity contribution in [3.05, 3.63) is 82.9 Å². The molecule has 3 rings (SSSR count). The van der Waals surface area contributed by atoms with Crippen molar-refractivity contribution in [1.29, 1.82) is 0 Å². The summed E-state index contributed by atoms with van der Waals surface area (Å²) in [6.07, 6.45) is 5.34. The van der Waals surface area contributed by atoms with Gasteiger partial charge in [-0.3, -0.25) is 4.79 Å². The Morgan fingerprint density at radius 1 is 1.19 bits per heavy atom. The van der Waals surface area contributed by atoms with E-state index in [0.29, 0.717) is 17.8 Å². The highest BCUT2D eigenvalue weighted by molar-refractivity contribution is 6.34. The monoisotopic (exact) mass is 383 g/mol.